The molecule has 0 bridgehead atoms. The Kier molecular flexibility index (Phi) is 19.6. The van der Waals surface area contributed by atoms with Gasteiger partial charge < -0.3 is 0 Å². The molecular formula is C88H72. The summed E-state index contributed by atoms with van der Waals surface area (Å²) in [6, 6.07) is 129. The standard InChI is InChI=1S/2C25H20.2C19H16/c1-19-16-24(21-10-6-3-7-11-21)18-25(17-19)23-14-12-22(13-15-23)20-8-4-2-5-9-20;1-19-7-9-21(10-8-19)23-15-17-25(18-16-23)24-13-11-22(12-14-24)20-5-3-2-4-6-20;1-15-12-18(16-8-4-2-5-9-16)14-19(13-15)17-10-6-3-7-11-17;1-15-12-13-18(16-8-4-2-5-9-16)14-19(15)17-10-6-3-7-11-17/h2*2-18H,1H3;2*2-14H,1H3. The molecule has 0 aliphatic rings. The van der Waals surface area contributed by atoms with Crippen LogP contribution >= 0.6 is 0 Å². The van der Waals surface area contributed by atoms with Gasteiger partial charge in [0, 0.05) is 0 Å². The first-order chi connectivity index (χ1) is 43.3. The van der Waals surface area contributed by atoms with Gasteiger partial charge in [0.25, 0.3) is 0 Å². The molecule has 0 nitrogen and oxygen atoms in total. The van der Waals surface area contributed by atoms with E-state index in [2.05, 4.69) is 386 Å². The topological polar surface area (TPSA) is 0 Å². The predicted octanol–water partition coefficient (Wildman–Crippen LogP) is 24.7. The van der Waals surface area contributed by atoms with Crippen molar-refractivity contribution in [3.05, 3.63) is 386 Å². The third-order valence-corrected chi connectivity index (χ3v) is 15.8. The summed E-state index contributed by atoms with van der Waals surface area (Å²) < 4.78 is 0. The highest BCUT2D eigenvalue weighted by Gasteiger charge is 2.09. The average molecular weight is 1130 g/mol. The molecule has 0 saturated heterocycles. The summed E-state index contributed by atoms with van der Waals surface area (Å²) in [5.41, 5.74) is 30.4. The molecule has 0 heteroatoms. The number of hydrogen-bond donors (Lipinski definition) is 0. The molecule has 0 unspecified atom stereocenters. The van der Waals surface area contributed by atoms with Gasteiger partial charge in [-0.2, -0.15) is 0 Å². The maximum atomic E-state index is 2.28. The van der Waals surface area contributed by atoms with Crippen LogP contribution in [0, 0.1) is 27.7 Å². The number of benzene rings is 14. The molecule has 0 amide bonds. The van der Waals surface area contributed by atoms with Crippen molar-refractivity contribution in [1.29, 1.82) is 0 Å². The lowest BCUT2D eigenvalue weighted by Crippen LogP contribution is -1.85. The summed E-state index contributed by atoms with van der Waals surface area (Å²) in [7, 11) is 0. The van der Waals surface area contributed by atoms with E-state index >= 15 is 0 Å². The minimum atomic E-state index is 1.25. The molecule has 0 radical (unpaired) electrons. The fourth-order valence-corrected chi connectivity index (χ4v) is 11.1. The summed E-state index contributed by atoms with van der Waals surface area (Å²) in [5.74, 6) is 0. The second-order valence-electron chi connectivity index (χ2n) is 22.4. The van der Waals surface area contributed by atoms with E-state index in [1.54, 1.807) is 0 Å². The second kappa shape index (κ2) is 29.3. The molecule has 0 N–H and O–H groups in total. The Labute approximate surface area is 522 Å². The summed E-state index contributed by atoms with van der Waals surface area (Å²) in [6.45, 7) is 8.59. The van der Waals surface area contributed by atoms with Crippen molar-refractivity contribution in [2.24, 2.45) is 0 Å². The molecule has 0 spiro atoms. The fraction of sp³-hybridized carbons (Fsp3) is 0.0455. The van der Waals surface area contributed by atoms with Gasteiger partial charge in [-0.3, -0.25) is 0 Å². The zero-order valence-corrected chi connectivity index (χ0v) is 50.6. The molecule has 88 heavy (non-hydrogen) atoms. The summed E-state index contributed by atoms with van der Waals surface area (Å²) in [4.78, 5) is 0. The molecule has 14 aromatic rings. The van der Waals surface area contributed by atoms with Crippen LogP contribution in [0.1, 0.15) is 22.3 Å². The Hall–Kier alpha value is -10.9. The second-order valence-corrected chi connectivity index (χ2v) is 22.4. The molecule has 0 aliphatic carbocycles. The third-order valence-electron chi connectivity index (χ3n) is 15.8. The largest absolute Gasteiger partial charge is 0.0622 e. The Morgan fingerprint density at radius 3 is 0.591 bits per heavy atom. The van der Waals surface area contributed by atoms with Crippen molar-refractivity contribution in [1.82, 2.24) is 0 Å². The maximum absolute atomic E-state index is 2.28. The Bertz CT molecular complexity index is 4350. The van der Waals surface area contributed by atoms with Crippen molar-refractivity contribution in [3.8, 4) is 111 Å². The van der Waals surface area contributed by atoms with Gasteiger partial charge in [0.1, 0.15) is 0 Å². The van der Waals surface area contributed by atoms with Crippen LogP contribution in [-0.2, 0) is 0 Å². The molecule has 14 rings (SSSR count). The predicted molar refractivity (Wildman–Crippen MR) is 379 cm³/mol. The van der Waals surface area contributed by atoms with Crippen LogP contribution in [0.3, 0.4) is 0 Å². The van der Waals surface area contributed by atoms with Crippen molar-refractivity contribution >= 4 is 0 Å². The van der Waals surface area contributed by atoms with Crippen molar-refractivity contribution in [3.63, 3.8) is 0 Å². The number of hydrogen-bond acceptors (Lipinski definition) is 0. The summed E-state index contributed by atoms with van der Waals surface area (Å²) in [5, 5.41) is 0. The van der Waals surface area contributed by atoms with Crippen LogP contribution in [0.15, 0.2) is 364 Å². The Morgan fingerprint density at radius 2 is 0.318 bits per heavy atom. The Balaban J connectivity index is 0.000000122. The van der Waals surface area contributed by atoms with Gasteiger partial charge in [-0.05, 0) is 174 Å². The van der Waals surface area contributed by atoms with Crippen LogP contribution in [0.4, 0.5) is 0 Å². The van der Waals surface area contributed by atoms with Gasteiger partial charge in [-0.15, -0.1) is 0 Å². The van der Waals surface area contributed by atoms with Gasteiger partial charge in [-0.25, -0.2) is 0 Å². The molecule has 0 fully saturated rings. The van der Waals surface area contributed by atoms with E-state index < -0.39 is 0 Å². The van der Waals surface area contributed by atoms with E-state index in [-0.39, 0.29) is 0 Å². The SMILES string of the molecule is Cc1cc(-c2ccccc2)cc(-c2ccc(-c3ccccc3)cc2)c1.Cc1cc(-c2ccccc2)cc(-c2ccccc2)c1.Cc1ccc(-c2ccc(-c3ccc(-c4ccccc4)cc3)cc2)cc1.Cc1ccc(-c2ccccc2)cc1-c1ccccc1. The molecule has 0 saturated carbocycles. The zero-order valence-electron chi connectivity index (χ0n) is 50.6. The van der Waals surface area contributed by atoms with Crippen LogP contribution in [-0.4, -0.2) is 0 Å². The first kappa shape index (κ1) is 58.8. The van der Waals surface area contributed by atoms with E-state index in [4.69, 9.17) is 0 Å². The average Bonchev–Trinajstić information content (AvgIpc) is 3.72. The van der Waals surface area contributed by atoms with Gasteiger partial charge in [0.05, 0.1) is 0 Å². The van der Waals surface area contributed by atoms with Gasteiger partial charge >= 0.3 is 0 Å². The molecule has 14 aromatic carbocycles. The van der Waals surface area contributed by atoms with E-state index in [9.17, 15) is 0 Å². The summed E-state index contributed by atoms with van der Waals surface area (Å²) in [6.07, 6.45) is 0. The molecule has 424 valence electrons. The van der Waals surface area contributed by atoms with E-state index in [0.717, 1.165) is 0 Å². The van der Waals surface area contributed by atoms with Gasteiger partial charge in [0.15, 0.2) is 0 Å². The van der Waals surface area contributed by atoms with Crippen molar-refractivity contribution in [2.75, 3.05) is 0 Å². The molecule has 0 heterocycles. The zero-order chi connectivity index (χ0) is 60.3. The van der Waals surface area contributed by atoms with E-state index in [1.165, 1.54) is 134 Å². The maximum Gasteiger partial charge on any atom is -0.0149 e. The van der Waals surface area contributed by atoms with Crippen molar-refractivity contribution < 1.29 is 0 Å². The van der Waals surface area contributed by atoms with E-state index in [0.29, 0.717) is 0 Å². The first-order valence-electron chi connectivity index (χ1n) is 30.4. The molecule has 0 aromatic heterocycles. The highest BCUT2D eigenvalue weighted by Crippen LogP contribution is 2.33. The van der Waals surface area contributed by atoms with E-state index in [1.807, 2.05) is 6.07 Å². The fourth-order valence-electron chi connectivity index (χ4n) is 11.1. The van der Waals surface area contributed by atoms with Crippen LogP contribution in [0.25, 0.3) is 111 Å². The van der Waals surface area contributed by atoms with Crippen LogP contribution in [0.2, 0.25) is 0 Å². The normalized spacial score (nSPS) is 10.5. The first-order valence-corrected chi connectivity index (χ1v) is 30.4. The highest BCUT2D eigenvalue weighted by atomic mass is 14.1. The summed E-state index contributed by atoms with van der Waals surface area (Å²) >= 11 is 0. The number of rotatable bonds is 10. The quantitative estimate of drug-likeness (QED) is 0.128. The highest BCUT2D eigenvalue weighted by molar-refractivity contribution is 5.79. The monoisotopic (exact) mass is 1130 g/mol. The number of aryl methyl sites for hydroxylation is 4. The lowest BCUT2D eigenvalue weighted by Gasteiger charge is -2.09. The third kappa shape index (κ3) is 15.7. The smallest absolute Gasteiger partial charge is 0.0149 e. The molecular weight excluding hydrogens is 1060 g/mol. The van der Waals surface area contributed by atoms with Gasteiger partial charge in [-0.1, -0.05) is 351 Å². The van der Waals surface area contributed by atoms with Crippen molar-refractivity contribution in [2.45, 2.75) is 27.7 Å². The lowest BCUT2D eigenvalue weighted by atomic mass is 9.95. The van der Waals surface area contributed by atoms with Crippen LogP contribution in [0.5, 0.6) is 0 Å². The van der Waals surface area contributed by atoms with Crippen LogP contribution < -0.4 is 0 Å². The van der Waals surface area contributed by atoms with Gasteiger partial charge in [0.2, 0.25) is 0 Å². The Morgan fingerprint density at radius 1 is 0.125 bits per heavy atom. The lowest BCUT2D eigenvalue weighted by molar-refractivity contribution is 1.45. The minimum Gasteiger partial charge on any atom is -0.0622 e. The molecule has 0 atom stereocenters. The molecule has 0 aliphatic heterocycles. The minimum absolute atomic E-state index is 1.25.